The maximum Gasteiger partial charge on any atom is 0.240 e. The smallest absolute Gasteiger partial charge is 0.240 e. The van der Waals surface area contributed by atoms with Crippen molar-refractivity contribution in [2.45, 2.75) is 63.8 Å². The highest BCUT2D eigenvalue weighted by molar-refractivity contribution is 7.89. The minimum absolute atomic E-state index is 0.0805. The Kier molecular flexibility index (Phi) is 5.72. The minimum Gasteiger partial charge on any atom is -0.353 e. The van der Waals surface area contributed by atoms with Crippen LogP contribution < -0.4 is 10.0 Å². The predicted octanol–water partition coefficient (Wildman–Crippen LogP) is 2.91. The number of carbonyl (C=O) groups excluding carboxylic acids is 1. The SMILES string of the molecule is Cc1ccc(S(=O)(=O)NCCC(=O)N[C@H](C)[C@@H]2C[C@H]3CC[C@H]2C3)cc1C. The van der Waals surface area contributed by atoms with E-state index in [1.807, 2.05) is 13.8 Å². The summed E-state index contributed by atoms with van der Waals surface area (Å²) in [5.41, 5.74) is 1.99. The molecule has 5 nitrogen and oxygen atoms in total. The van der Waals surface area contributed by atoms with Gasteiger partial charge in [0.05, 0.1) is 4.90 Å². The number of hydrogen-bond donors (Lipinski definition) is 2. The normalized spacial score (nSPS) is 26.0. The molecule has 2 aliphatic carbocycles. The standard InChI is InChI=1S/C20H30N2O3S/c1-13-4-7-18(10-14(13)2)26(24,25)21-9-8-20(23)22-15(3)19-12-16-5-6-17(19)11-16/h4,7,10,15-17,19,21H,5-6,8-9,11-12H2,1-3H3,(H,22,23)/t15-,16+,17+,19+/m1/s1. The monoisotopic (exact) mass is 378 g/mol. The number of fused-ring (bicyclic) bond motifs is 2. The molecule has 4 atom stereocenters. The summed E-state index contributed by atoms with van der Waals surface area (Å²) in [6, 6.07) is 5.24. The fraction of sp³-hybridized carbons (Fsp3) is 0.650. The lowest BCUT2D eigenvalue weighted by atomic mass is 9.84. The molecule has 0 spiro atoms. The average molecular weight is 379 g/mol. The lowest BCUT2D eigenvalue weighted by molar-refractivity contribution is -0.122. The van der Waals surface area contributed by atoms with Crippen molar-refractivity contribution in [1.29, 1.82) is 0 Å². The van der Waals surface area contributed by atoms with E-state index >= 15 is 0 Å². The Morgan fingerprint density at radius 3 is 2.58 bits per heavy atom. The molecule has 0 heterocycles. The van der Waals surface area contributed by atoms with E-state index in [4.69, 9.17) is 0 Å². The molecule has 2 bridgehead atoms. The second-order valence-corrected chi connectivity index (χ2v) is 9.86. The molecule has 2 fully saturated rings. The Morgan fingerprint density at radius 2 is 1.96 bits per heavy atom. The van der Waals surface area contributed by atoms with E-state index in [1.54, 1.807) is 18.2 Å². The fourth-order valence-electron chi connectivity index (χ4n) is 4.60. The number of aryl methyl sites for hydroxylation is 2. The first-order valence-corrected chi connectivity index (χ1v) is 11.1. The molecule has 26 heavy (non-hydrogen) atoms. The van der Waals surface area contributed by atoms with Gasteiger partial charge in [0, 0.05) is 19.0 Å². The van der Waals surface area contributed by atoms with Gasteiger partial charge in [-0.05, 0) is 81.0 Å². The summed E-state index contributed by atoms with van der Waals surface area (Å²) in [4.78, 5) is 12.4. The van der Waals surface area contributed by atoms with Gasteiger partial charge in [0.15, 0.2) is 0 Å². The summed E-state index contributed by atoms with van der Waals surface area (Å²) in [5.74, 6) is 2.13. The van der Waals surface area contributed by atoms with Gasteiger partial charge in [-0.25, -0.2) is 13.1 Å². The zero-order valence-corrected chi connectivity index (χ0v) is 16.7. The molecule has 1 amide bonds. The maximum absolute atomic E-state index is 12.4. The molecular weight excluding hydrogens is 348 g/mol. The zero-order chi connectivity index (χ0) is 18.9. The van der Waals surface area contributed by atoms with Crippen LogP contribution in [0.1, 0.15) is 50.2 Å². The van der Waals surface area contributed by atoms with Crippen LogP contribution in [0.25, 0.3) is 0 Å². The van der Waals surface area contributed by atoms with Gasteiger partial charge < -0.3 is 5.32 Å². The van der Waals surface area contributed by atoms with E-state index in [9.17, 15) is 13.2 Å². The molecule has 2 aliphatic rings. The van der Waals surface area contributed by atoms with Gasteiger partial charge in [0.2, 0.25) is 15.9 Å². The summed E-state index contributed by atoms with van der Waals surface area (Å²) in [7, 11) is -3.58. The molecule has 0 radical (unpaired) electrons. The Hall–Kier alpha value is -1.40. The molecule has 1 aromatic rings. The molecule has 0 unspecified atom stereocenters. The number of nitrogens with one attached hydrogen (secondary N) is 2. The van der Waals surface area contributed by atoms with Crippen LogP contribution in [0.2, 0.25) is 0 Å². The van der Waals surface area contributed by atoms with Gasteiger partial charge in [0.25, 0.3) is 0 Å². The number of sulfonamides is 1. The molecule has 3 rings (SSSR count). The molecule has 144 valence electrons. The summed E-state index contributed by atoms with van der Waals surface area (Å²) < 4.78 is 27.2. The van der Waals surface area contributed by atoms with Gasteiger partial charge in [-0.1, -0.05) is 12.5 Å². The first-order valence-electron chi connectivity index (χ1n) is 9.62. The fourth-order valence-corrected chi connectivity index (χ4v) is 5.72. The third-order valence-corrected chi connectivity index (χ3v) is 7.72. The van der Waals surface area contributed by atoms with Crippen molar-refractivity contribution >= 4 is 15.9 Å². The number of rotatable bonds is 7. The van der Waals surface area contributed by atoms with E-state index in [0.717, 1.165) is 23.0 Å². The maximum atomic E-state index is 12.4. The topological polar surface area (TPSA) is 75.3 Å². The third-order valence-electron chi connectivity index (χ3n) is 6.26. The summed E-state index contributed by atoms with van der Waals surface area (Å²) in [5, 5.41) is 3.08. The average Bonchev–Trinajstić information content (AvgIpc) is 3.20. The van der Waals surface area contributed by atoms with Crippen molar-refractivity contribution in [2.24, 2.45) is 17.8 Å². The van der Waals surface area contributed by atoms with Crippen molar-refractivity contribution in [1.82, 2.24) is 10.0 Å². The second kappa shape index (κ2) is 7.69. The van der Waals surface area contributed by atoms with Crippen LogP contribution in [-0.2, 0) is 14.8 Å². The van der Waals surface area contributed by atoms with Gasteiger partial charge >= 0.3 is 0 Å². The Morgan fingerprint density at radius 1 is 1.19 bits per heavy atom. The first-order chi connectivity index (χ1) is 12.3. The highest BCUT2D eigenvalue weighted by atomic mass is 32.2. The molecule has 6 heteroatoms. The van der Waals surface area contributed by atoms with Crippen molar-refractivity contribution in [3.8, 4) is 0 Å². The Balaban J connectivity index is 1.46. The Labute approximate surface area is 157 Å². The van der Waals surface area contributed by atoms with Gasteiger partial charge in [0.1, 0.15) is 0 Å². The Bertz CT molecular complexity index is 775. The van der Waals surface area contributed by atoms with E-state index in [2.05, 4.69) is 17.0 Å². The molecular formula is C20H30N2O3S. The van der Waals surface area contributed by atoms with E-state index in [-0.39, 0.29) is 29.8 Å². The summed E-state index contributed by atoms with van der Waals surface area (Å²) >= 11 is 0. The van der Waals surface area contributed by atoms with E-state index in [0.29, 0.717) is 5.92 Å². The number of carbonyl (C=O) groups is 1. The van der Waals surface area contributed by atoms with Crippen molar-refractivity contribution in [3.63, 3.8) is 0 Å². The van der Waals surface area contributed by atoms with Crippen LogP contribution in [0.4, 0.5) is 0 Å². The molecule has 0 saturated heterocycles. The van der Waals surface area contributed by atoms with E-state index < -0.39 is 10.0 Å². The van der Waals surface area contributed by atoms with Crippen LogP contribution in [-0.4, -0.2) is 26.9 Å². The molecule has 2 N–H and O–H groups in total. The zero-order valence-electron chi connectivity index (χ0n) is 15.9. The molecule has 0 aliphatic heterocycles. The highest BCUT2D eigenvalue weighted by Crippen LogP contribution is 2.49. The van der Waals surface area contributed by atoms with Crippen LogP contribution in [0.15, 0.2) is 23.1 Å². The predicted molar refractivity (Wildman–Crippen MR) is 102 cm³/mol. The van der Waals surface area contributed by atoms with Crippen molar-refractivity contribution < 1.29 is 13.2 Å². The molecule has 1 aromatic carbocycles. The van der Waals surface area contributed by atoms with Crippen LogP contribution in [0.5, 0.6) is 0 Å². The van der Waals surface area contributed by atoms with Crippen LogP contribution in [0, 0.1) is 31.6 Å². The van der Waals surface area contributed by atoms with Gasteiger partial charge in [-0.3, -0.25) is 4.79 Å². The van der Waals surface area contributed by atoms with Crippen LogP contribution in [0.3, 0.4) is 0 Å². The van der Waals surface area contributed by atoms with Gasteiger partial charge in [-0.15, -0.1) is 0 Å². The van der Waals surface area contributed by atoms with E-state index in [1.165, 1.54) is 25.7 Å². The highest BCUT2D eigenvalue weighted by Gasteiger charge is 2.42. The minimum atomic E-state index is -3.58. The number of hydrogen-bond acceptors (Lipinski definition) is 3. The number of amides is 1. The second-order valence-electron chi connectivity index (χ2n) is 8.09. The largest absolute Gasteiger partial charge is 0.353 e. The van der Waals surface area contributed by atoms with Crippen LogP contribution >= 0.6 is 0 Å². The number of benzene rings is 1. The van der Waals surface area contributed by atoms with Crippen molar-refractivity contribution in [2.75, 3.05) is 6.54 Å². The lowest BCUT2D eigenvalue weighted by Gasteiger charge is -2.28. The first kappa shape index (κ1) is 19.4. The quantitative estimate of drug-likeness (QED) is 0.766. The van der Waals surface area contributed by atoms with Crippen molar-refractivity contribution in [3.05, 3.63) is 29.3 Å². The molecule has 0 aromatic heterocycles. The lowest BCUT2D eigenvalue weighted by Crippen LogP contribution is -2.41. The third kappa shape index (κ3) is 4.29. The van der Waals surface area contributed by atoms with Gasteiger partial charge in [-0.2, -0.15) is 0 Å². The molecule has 2 saturated carbocycles. The summed E-state index contributed by atoms with van der Waals surface area (Å²) in [6.45, 7) is 6.03. The summed E-state index contributed by atoms with van der Waals surface area (Å²) in [6.07, 6.45) is 5.36.